The molecule has 0 spiro atoms. The number of benzene rings is 1. The predicted molar refractivity (Wildman–Crippen MR) is 61.1 cm³/mol. The van der Waals surface area contributed by atoms with Gasteiger partial charge in [0.1, 0.15) is 11.9 Å². The Bertz CT molecular complexity index is 463. The van der Waals surface area contributed by atoms with Gasteiger partial charge < -0.3 is 10.2 Å². The van der Waals surface area contributed by atoms with E-state index >= 15 is 0 Å². The summed E-state index contributed by atoms with van der Waals surface area (Å²) in [4.78, 5) is 2.44. The zero-order chi connectivity index (χ0) is 13.0. The van der Waals surface area contributed by atoms with Crippen LogP contribution in [0.5, 0.6) is 0 Å². The molecule has 1 aromatic carbocycles. The van der Waals surface area contributed by atoms with Gasteiger partial charge in [-0.3, -0.25) is 0 Å². The molecule has 5 nitrogen and oxygen atoms in total. The number of aryl methyl sites for hydroxylation is 1. The molecule has 0 aliphatic rings. The Morgan fingerprint density at radius 2 is 2.18 bits per heavy atom. The van der Waals surface area contributed by atoms with Gasteiger partial charge in [-0.25, -0.2) is 4.39 Å². The summed E-state index contributed by atoms with van der Waals surface area (Å²) in [5.74, 6) is -0.715. The van der Waals surface area contributed by atoms with Gasteiger partial charge in [-0.1, -0.05) is 16.7 Å². The highest BCUT2D eigenvalue weighted by atomic mass is 35.5. The quantitative estimate of drug-likeness (QED) is 0.494. The summed E-state index contributed by atoms with van der Waals surface area (Å²) < 4.78 is 13.5. The number of azide groups is 1. The standard InChI is InChI=1S/C10H11ClFN3O2/c1-5-2-6(8(12)3-7(5)11)10(17)9(16)4-14-15-13/h2-3,9-10,16-17H,4H2,1H3. The third-order valence-electron chi connectivity index (χ3n) is 2.29. The van der Waals surface area contributed by atoms with Crippen molar-refractivity contribution in [1.82, 2.24) is 0 Å². The molecule has 0 saturated carbocycles. The van der Waals surface area contributed by atoms with Crippen molar-refractivity contribution in [3.8, 4) is 0 Å². The first kappa shape index (κ1) is 13.7. The van der Waals surface area contributed by atoms with Crippen molar-refractivity contribution < 1.29 is 14.6 Å². The molecule has 7 heteroatoms. The zero-order valence-corrected chi connectivity index (χ0v) is 9.76. The van der Waals surface area contributed by atoms with Gasteiger partial charge in [0.15, 0.2) is 0 Å². The Hall–Kier alpha value is -1.33. The van der Waals surface area contributed by atoms with Gasteiger partial charge in [0.2, 0.25) is 0 Å². The van der Waals surface area contributed by atoms with Crippen LogP contribution in [-0.4, -0.2) is 22.9 Å². The molecule has 0 aliphatic carbocycles. The minimum Gasteiger partial charge on any atom is -0.390 e. The number of nitrogens with zero attached hydrogens (tertiary/aromatic N) is 3. The molecule has 1 aromatic rings. The average molecular weight is 260 g/mol. The van der Waals surface area contributed by atoms with Crippen LogP contribution in [-0.2, 0) is 0 Å². The molecule has 0 heterocycles. The first-order chi connectivity index (χ1) is 7.97. The van der Waals surface area contributed by atoms with E-state index in [0.29, 0.717) is 5.56 Å². The van der Waals surface area contributed by atoms with Crippen LogP contribution in [0.3, 0.4) is 0 Å². The fourth-order valence-electron chi connectivity index (χ4n) is 1.33. The van der Waals surface area contributed by atoms with Gasteiger partial charge in [-0.2, -0.15) is 0 Å². The zero-order valence-electron chi connectivity index (χ0n) is 9.01. The second kappa shape index (κ2) is 5.84. The molecule has 2 N–H and O–H groups in total. The van der Waals surface area contributed by atoms with E-state index in [4.69, 9.17) is 17.1 Å². The van der Waals surface area contributed by atoms with Crippen molar-refractivity contribution in [2.75, 3.05) is 6.54 Å². The second-order valence-corrected chi connectivity index (χ2v) is 3.96. The highest BCUT2D eigenvalue weighted by molar-refractivity contribution is 6.31. The van der Waals surface area contributed by atoms with Crippen molar-refractivity contribution in [1.29, 1.82) is 0 Å². The smallest absolute Gasteiger partial charge is 0.130 e. The molecule has 0 amide bonds. The Labute approximate surface area is 102 Å². The fourth-order valence-corrected chi connectivity index (χ4v) is 1.48. The average Bonchev–Trinajstić information content (AvgIpc) is 2.29. The molecule has 2 atom stereocenters. The van der Waals surface area contributed by atoms with E-state index in [1.807, 2.05) is 0 Å². The minimum absolute atomic E-state index is 0.0764. The maximum absolute atomic E-state index is 13.5. The normalized spacial score (nSPS) is 13.9. The summed E-state index contributed by atoms with van der Waals surface area (Å²) in [5.41, 5.74) is 8.58. The van der Waals surface area contributed by atoms with E-state index in [2.05, 4.69) is 10.0 Å². The van der Waals surface area contributed by atoms with Crippen LogP contribution in [0.1, 0.15) is 17.2 Å². The van der Waals surface area contributed by atoms with E-state index in [1.165, 1.54) is 6.07 Å². The number of aliphatic hydroxyl groups is 2. The Kier molecular flexibility index (Phi) is 4.72. The summed E-state index contributed by atoms with van der Waals surface area (Å²) in [7, 11) is 0. The van der Waals surface area contributed by atoms with E-state index in [0.717, 1.165) is 6.07 Å². The molecule has 92 valence electrons. The van der Waals surface area contributed by atoms with Crippen LogP contribution in [0, 0.1) is 12.7 Å². The fraction of sp³-hybridized carbons (Fsp3) is 0.400. The van der Waals surface area contributed by atoms with Crippen LogP contribution in [0.2, 0.25) is 5.02 Å². The molecule has 0 saturated heterocycles. The Morgan fingerprint density at radius 3 is 2.76 bits per heavy atom. The van der Waals surface area contributed by atoms with Gasteiger partial charge in [-0.15, -0.1) is 0 Å². The first-order valence-electron chi connectivity index (χ1n) is 4.80. The monoisotopic (exact) mass is 259 g/mol. The highest BCUT2D eigenvalue weighted by Crippen LogP contribution is 2.26. The molecular formula is C10H11ClFN3O2. The number of halogens is 2. The van der Waals surface area contributed by atoms with Crippen LogP contribution in [0.4, 0.5) is 4.39 Å². The summed E-state index contributed by atoms with van der Waals surface area (Å²) in [6.45, 7) is 1.32. The number of aliphatic hydroxyl groups excluding tert-OH is 2. The topological polar surface area (TPSA) is 89.2 Å². The Morgan fingerprint density at radius 1 is 1.53 bits per heavy atom. The predicted octanol–water partition coefficient (Wildman–Crippen LogP) is 2.49. The maximum atomic E-state index is 13.5. The number of hydrogen-bond donors (Lipinski definition) is 2. The number of hydrogen-bond acceptors (Lipinski definition) is 3. The van der Waals surface area contributed by atoms with Gasteiger partial charge in [0, 0.05) is 15.5 Å². The van der Waals surface area contributed by atoms with Crippen molar-refractivity contribution in [3.05, 3.63) is 44.5 Å². The van der Waals surface area contributed by atoms with E-state index in [-0.39, 0.29) is 17.1 Å². The van der Waals surface area contributed by atoms with Crippen LogP contribution >= 0.6 is 11.6 Å². The molecule has 1 rings (SSSR count). The van der Waals surface area contributed by atoms with Crippen molar-refractivity contribution >= 4 is 11.6 Å². The second-order valence-electron chi connectivity index (χ2n) is 3.55. The van der Waals surface area contributed by atoms with Crippen molar-refractivity contribution in [2.24, 2.45) is 5.11 Å². The molecule has 0 aromatic heterocycles. The summed E-state index contributed by atoms with van der Waals surface area (Å²) in [6.07, 6.45) is -2.82. The molecule has 17 heavy (non-hydrogen) atoms. The molecule has 0 radical (unpaired) electrons. The lowest BCUT2D eigenvalue weighted by molar-refractivity contribution is 0.0222. The summed E-state index contributed by atoms with van der Waals surface area (Å²) in [5, 5.41) is 22.5. The van der Waals surface area contributed by atoms with E-state index in [9.17, 15) is 14.6 Å². The largest absolute Gasteiger partial charge is 0.390 e. The molecular weight excluding hydrogens is 249 g/mol. The highest BCUT2D eigenvalue weighted by Gasteiger charge is 2.21. The summed E-state index contributed by atoms with van der Waals surface area (Å²) >= 11 is 5.70. The Balaban J connectivity index is 2.99. The minimum atomic E-state index is -1.46. The van der Waals surface area contributed by atoms with Crippen molar-refractivity contribution in [3.63, 3.8) is 0 Å². The lowest BCUT2D eigenvalue weighted by Crippen LogP contribution is -2.22. The van der Waals surface area contributed by atoms with Gasteiger partial charge in [0.25, 0.3) is 0 Å². The van der Waals surface area contributed by atoms with Crippen molar-refractivity contribution in [2.45, 2.75) is 19.1 Å². The van der Waals surface area contributed by atoms with Crippen LogP contribution in [0.25, 0.3) is 10.4 Å². The van der Waals surface area contributed by atoms with E-state index in [1.54, 1.807) is 6.92 Å². The lowest BCUT2D eigenvalue weighted by atomic mass is 10.0. The van der Waals surface area contributed by atoms with Crippen LogP contribution in [0.15, 0.2) is 17.2 Å². The third-order valence-corrected chi connectivity index (χ3v) is 2.70. The molecule has 0 bridgehead atoms. The van der Waals surface area contributed by atoms with Crippen LogP contribution < -0.4 is 0 Å². The van der Waals surface area contributed by atoms with Gasteiger partial charge in [0.05, 0.1) is 12.6 Å². The van der Waals surface area contributed by atoms with Gasteiger partial charge >= 0.3 is 0 Å². The third kappa shape index (κ3) is 3.31. The van der Waals surface area contributed by atoms with E-state index < -0.39 is 18.0 Å². The van der Waals surface area contributed by atoms with Gasteiger partial charge in [-0.05, 0) is 30.2 Å². The lowest BCUT2D eigenvalue weighted by Gasteiger charge is -2.17. The molecule has 0 fully saturated rings. The number of rotatable bonds is 4. The molecule has 0 aliphatic heterocycles. The first-order valence-corrected chi connectivity index (χ1v) is 5.17. The SMILES string of the molecule is Cc1cc(C(O)C(O)CN=[N+]=[N-])c(F)cc1Cl. The molecule has 2 unspecified atom stereocenters. The maximum Gasteiger partial charge on any atom is 0.130 e. The summed E-state index contributed by atoms with van der Waals surface area (Å²) in [6, 6.07) is 2.41.